The smallest absolute Gasteiger partial charge is 0.123 e. The van der Waals surface area contributed by atoms with Gasteiger partial charge in [0, 0.05) is 6.54 Å². The lowest BCUT2D eigenvalue weighted by Crippen LogP contribution is -2.34. The van der Waals surface area contributed by atoms with E-state index in [4.69, 9.17) is 0 Å². The minimum absolute atomic E-state index is 0.277. The minimum atomic E-state index is -0.556. The van der Waals surface area contributed by atoms with Gasteiger partial charge in [-0.25, -0.2) is 4.39 Å². The van der Waals surface area contributed by atoms with Crippen molar-refractivity contribution in [2.45, 2.75) is 38.7 Å². The van der Waals surface area contributed by atoms with Gasteiger partial charge in [0.15, 0.2) is 0 Å². The quantitative estimate of drug-likeness (QED) is 0.882. The number of hydrogen-bond donors (Lipinski definition) is 1. The maximum Gasteiger partial charge on any atom is 0.123 e. The van der Waals surface area contributed by atoms with Crippen molar-refractivity contribution < 1.29 is 9.50 Å². The predicted octanol–water partition coefficient (Wildman–Crippen LogP) is 3.37. The van der Waals surface area contributed by atoms with Crippen LogP contribution < -0.4 is 0 Å². The zero-order chi connectivity index (χ0) is 13.7. The Morgan fingerprint density at radius 2 is 2.11 bits per heavy atom. The van der Waals surface area contributed by atoms with Crippen molar-refractivity contribution in [2.24, 2.45) is 5.92 Å². The lowest BCUT2D eigenvalue weighted by atomic mass is 9.94. The monoisotopic (exact) mass is 265 g/mol. The molecule has 1 fully saturated rings. The summed E-state index contributed by atoms with van der Waals surface area (Å²) in [5, 5.41) is 10.1. The Labute approximate surface area is 115 Å². The number of piperidine rings is 1. The first-order valence-corrected chi connectivity index (χ1v) is 7.35. The summed E-state index contributed by atoms with van der Waals surface area (Å²) in [6.07, 6.45) is 3.94. The second-order valence-corrected chi connectivity index (χ2v) is 5.55. The zero-order valence-electron chi connectivity index (χ0n) is 11.7. The molecular formula is C16H24FNO. The Morgan fingerprint density at radius 3 is 2.74 bits per heavy atom. The molecule has 3 heteroatoms. The summed E-state index contributed by atoms with van der Waals surface area (Å²) in [6.45, 7) is 5.42. The van der Waals surface area contributed by atoms with E-state index in [1.807, 2.05) is 0 Å². The van der Waals surface area contributed by atoms with Crippen molar-refractivity contribution in [1.82, 2.24) is 4.90 Å². The van der Waals surface area contributed by atoms with Crippen LogP contribution in [0.15, 0.2) is 24.3 Å². The van der Waals surface area contributed by atoms with E-state index in [-0.39, 0.29) is 5.82 Å². The first-order valence-electron chi connectivity index (χ1n) is 7.35. The van der Waals surface area contributed by atoms with E-state index in [1.54, 1.807) is 12.1 Å². The van der Waals surface area contributed by atoms with Gasteiger partial charge in [0.1, 0.15) is 5.82 Å². The highest BCUT2D eigenvalue weighted by atomic mass is 19.1. The molecule has 0 bridgehead atoms. The number of halogens is 1. The van der Waals surface area contributed by atoms with E-state index in [0.29, 0.717) is 12.0 Å². The van der Waals surface area contributed by atoms with Crippen LogP contribution in [-0.2, 0) is 0 Å². The van der Waals surface area contributed by atoms with Crippen molar-refractivity contribution in [3.05, 3.63) is 35.6 Å². The molecule has 19 heavy (non-hydrogen) atoms. The fourth-order valence-electron chi connectivity index (χ4n) is 2.80. The molecule has 1 heterocycles. The zero-order valence-corrected chi connectivity index (χ0v) is 11.7. The Hall–Kier alpha value is -0.930. The van der Waals surface area contributed by atoms with E-state index in [9.17, 15) is 9.50 Å². The average molecular weight is 265 g/mol. The number of hydrogen-bond acceptors (Lipinski definition) is 2. The van der Waals surface area contributed by atoms with Gasteiger partial charge in [-0.15, -0.1) is 0 Å². The third-order valence-electron chi connectivity index (χ3n) is 4.24. The number of aliphatic hydroxyl groups excluding tert-OH is 1. The highest BCUT2D eigenvalue weighted by Gasteiger charge is 2.18. The molecule has 1 N–H and O–H groups in total. The van der Waals surface area contributed by atoms with Gasteiger partial charge >= 0.3 is 0 Å². The van der Waals surface area contributed by atoms with Crippen LogP contribution in [0.3, 0.4) is 0 Å². The van der Waals surface area contributed by atoms with Crippen molar-refractivity contribution in [1.29, 1.82) is 0 Å². The molecule has 0 aromatic heterocycles. The molecule has 1 unspecified atom stereocenters. The lowest BCUT2D eigenvalue weighted by Gasteiger charge is -2.31. The predicted molar refractivity (Wildman–Crippen MR) is 75.4 cm³/mol. The minimum Gasteiger partial charge on any atom is -0.388 e. The summed E-state index contributed by atoms with van der Waals surface area (Å²) >= 11 is 0. The molecule has 106 valence electrons. The summed E-state index contributed by atoms with van der Waals surface area (Å²) in [7, 11) is 0. The van der Waals surface area contributed by atoms with Gasteiger partial charge < -0.3 is 10.0 Å². The van der Waals surface area contributed by atoms with Crippen LogP contribution in [0.2, 0.25) is 0 Å². The molecule has 0 saturated carbocycles. The molecule has 0 radical (unpaired) electrons. The molecule has 1 aliphatic heterocycles. The van der Waals surface area contributed by atoms with Crippen LogP contribution >= 0.6 is 0 Å². The van der Waals surface area contributed by atoms with Crippen LogP contribution in [0.1, 0.15) is 44.3 Å². The van der Waals surface area contributed by atoms with E-state index < -0.39 is 6.10 Å². The van der Waals surface area contributed by atoms with Crippen LogP contribution in [0.25, 0.3) is 0 Å². The number of aliphatic hydroxyl groups is 1. The van der Waals surface area contributed by atoms with Gasteiger partial charge in [-0.2, -0.15) is 0 Å². The Bertz CT molecular complexity index is 388. The normalized spacial score (nSPS) is 19.5. The molecule has 1 atom stereocenters. The largest absolute Gasteiger partial charge is 0.388 e. The Morgan fingerprint density at radius 1 is 1.37 bits per heavy atom. The molecule has 2 rings (SSSR count). The number of benzene rings is 1. The first kappa shape index (κ1) is 14.5. The molecule has 0 aliphatic carbocycles. The van der Waals surface area contributed by atoms with Crippen LogP contribution in [0.5, 0.6) is 0 Å². The molecule has 0 amide bonds. The van der Waals surface area contributed by atoms with E-state index in [1.165, 1.54) is 31.4 Å². The molecular weight excluding hydrogens is 241 g/mol. The summed E-state index contributed by atoms with van der Waals surface area (Å²) in [6, 6.07) is 6.28. The van der Waals surface area contributed by atoms with Gasteiger partial charge in [0.2, 0.25) is 0 Å². The van der Waals surface area contributed by atoms with Gasteiger partial charge in [0.25, 0.3) is 0 Å². The highest BCUT2D eigenvalue weighted by molar-refractivity contribution is 5.18. The lowest BCUT2D eigenvalue weighted by molar-refractivity contribution is 0.122. The average Bonchev–Trinajstić information content (AvgIpc) is 2.45. The van der Waals surface area contributed by atoms with Gasteiger partial charge in [0.05, 0.1) is 6.10 Å². The molecule has 2 nitrogen and oxygen atoms in total. The third-order valence-corrected chi connectivity index (χ3v) is 4.24. The fourth-order valence-corrected chi connectivity index (χ4v) is 2.80. The Balaban J connectivity index is 1.76. The highest BCUT2D eigenvalue weighted by Crippen LogP contribution is 2.22. The molecule has 1 aromatic rings. The summed E-state index contributed by atoms with van der Waals surface area (Å²) in [5.41, 5.74) is 0.684. The van der Waals surface area contributed by atoms with Crippen molar-refractivity contribution >= 4 is 0 Å². The first-order chi connectivity index (χ1) is 9.19. The summed E-state index contributed by atoms with van der Waals surface area (Å²) in [5.74, 6) is 0.602. The standard InChI is InChI=1S/C16H24FNO/c1-2-13-6-9-18(10-7-13)11-8-16(19)14-4-3-5-15(17)12-14/h3-5,12-13,16,19H,2,6-11H2,1H3. The van der Waals surface area contributed by atoms with Gasteiger partial charge in [-0.05, 0) is 56.0 Å². The van der Waals surface area contributed by atoms with E-state index >= 15 is 0 Å². The van der Waals surface area contributed by atoms with Crippen LogP contribution in [0.4, 0.5) is 4.39 Å². The maximum absolute atomic E-state index is 13.1. The molecule has 1 saturated heterocycles. The number of likely N-dealkylation sites (tertiary alicyclic amines) is 1. The molecule has 0 spiro atoms. The second kappa shape index (κ2) is 7.01. The van der Waals surface area contributed by atoms with Crippen molar-refractivity contribution in [3.63, 3.8) is 0 Å². The summed E-state index contributed by atoms with van der Waals surface area (Å²) in [4.78, 5) is 2.41. The van der Waals surface area contributed by atoms with Crippen LogP contribution in [0, 0.1) is 11.7 Å². The molecule has 1 aliphatic rings. The van der Waals surface area contributed by atoms with Gasteiger partial charge in [-0.3, -0.25) is 0 Å². The van der Waals surface area contributed by atoms with E-state index in [2.05, 4.69) is 11.8 Å². The van der Waals surface area contributed by atoms with E-state index in [0.717, 1.165) is 25.6 Å². The fraction of sp³-hybridized carbons (Fsp3) is 0.625. The topological polar surface area (TPSA) is 23.5 Å². The number of nitrogens with zero attached hydrogens (tertiary/aromatic N) is 1. The van der Waals surface area contributed by atoms with Crippen LogP contribution in [-0.4, -0.2) is 29.6 Å². The Kier molecular flexibility index (Phi) is 5.34. The van der Waals surface area contributed by atoms with Gasteiger partial charge in [-0.1, -0.05) is 25.5 Å². The molecule has 1 aromatic carbocycles. The van der Waals surface area contributed by atoms with Crippen molar-refractivity contribution in [2.75, 3.05) is 19.6 Å². The van der Waals surface area contributed by atoms with Crippen molar-refractivity contribution in [3.8, 4) is 0 Å². The number of rotatable bonds is 5. The third kappa shape index (κ3) is 4.29. The summed E-state index contributed by atoms with van der Waals surface area (Å²) < 4.78 is 13.1. The maximum atomic E-state index is 13.1. The second-order valence-electron chi connectivity index (χ2n) is 5.55. The SMILES string of the molecule is CCC1CCN(CCC(O)c2cccc(F)c2)CC1.